The number of hydrogen-bond acceptors (Lipinski definition) is 2. The van der Waals surface area contributed by atoms with Gasteiger partial charge in [-0.3, -0.25) is 4.79 Å². The molecule has 1 aliphatic carbocycles. The Morgan fingerprint density at radius 3 is 2.54 bits per heavy atom. The van der Waals surface area contributed by atoms with Crippen molar-refractivity contribution in [2.75, 3.05) is 0 Å². The van der Waals surface area contributed by atoms with Crippen LogP contribution in [0.1, 0.15) is 52.4 Å². The Bertz CT molecular complexity index is 169. The van der Waals surface area contributed by atoms with Gasteiger partial charge in [0.15, 0.2) is 0 Å². The van der Waals surface area contributed by atoms with Crippen LogP contribution in [0, 0.1) is 12.0 Å². The number of carbonyl (C=O) groups is 1. The lowest BCUT2D eigenvalue weighted by Crippen LogP contribution is -2.31. The van der Waals surface area contributed by atoms with Crippen molar-refractivity contribution >= 4 is 5.97 Å². The van der Waals surface area contributed by atoms with E-state index in [-0.39, 0.29) is 11.4 Å². The zero-order chi connectivity index (χ0) is 9.73. The molecule has 1 rings (SSSR count). The molecular weight excluding hydrogens is 164 g/mol. The van der Waals surface area contributed by atoms with Crippen molar-refractivity contribution in [1.82, 2.24) is 0 Å². The minimum absolute atomic E-state index is 0.0333. The summed E-state index contributed by atoms with van der Waals surface area (Å²) in [5, 5.41) is 0. The van der Waals surface area contributed by atoms with Gasteiger partial charge >= 0.3 is 5.97 Å². The predicted octanol–water partition coefficient (Wildman–Crippen LogP) is 3.07. The van der Waals surface area contributed by atoms with Gasteiger partial charge in [0.2, 0.25) is 0 Å². The lowest BCUT2D eigenvalue weighted by molar-refractivity contribution is -0.153. The molecule has 0 aliphatic heterocycles. The van der Waals surface area contributed by atoms with Crippen molar-refractivity contribution in [2.45, 2.75) is 52.4 Å². The van der Waals surface area contributed by atoms with E-state index in [1.165, 1.54) is 6.42 Å². The summed E-state index contributed by atoms with van der Waals surface area (Å²) in [7, 11) is 0. The van der Waals surface area contributed by atoms with Crippen LogP contribution >= 0.6 is 0 Å². The van der Waals surface area contributed by atoms with Gasteiger partial charge in [-0.1, -0.05) is 26.2 Å². The Morgan fingerprint density at radius 2 is 2.00 bits per heavy atom. The summed E-state index contributed by atoms with van der Waals surface area (Å²) in [6, 6.07) is 0. The molecular formula is C11H19O2. The molecule has 2 nitrogen and oxygen atoms in total. The standard InChI is InChI=1S/C11H19O2/c1-3-9-13-10(12)11(2)7-5-4-6-8-11/h9H,3-8H2,1-2H3. The molecule has 0 unspecified atom stereocenters. The Kier molecular flexibility index (Phi) is 3.76. The van der Waals surface area contributed by atoms with Crippen molar-refractivity contribution in [3.8, 4) is 0 Å². The molecule has 0 aromatic rings. The minimum atomic E-state index is -0.204. The van der Waals surface area contributed by atoms with E-state index in [4.69, 9.17) is 4.74 Å². The van der Waals surface area contributed by atoms with E-state index in [9.17, 15) is 4.79 Å². The van der Waals surface area contributed by atoms with Gasteiger partial charge in [-0.15, -0.1) is 0 Å². The lowest BCUT2D eigenvalue weighted by atomic mass is 9.76. The van der Waals surface area contributed by atoms with E-state index in [0.717, 1.165) is 32.1 Å². The van der Waals surface area contributed by atoms with E-state index in [1.54, 1.807) is 6.61 Å². The second kappa shape index (κ2) is 4.64. The molecule has 0 atom stereocenters. The number of esters is 1. The Labute approximate surface area is 80.7 Å². The minimum Gasteiger partial charge on any atom is -0.458 e. The van der Waals surface area contributed by atoms with Crippen LogP contribution in [0.25, 0.3) is 0 Å². The highest BCUT2D eigenvalue weighted by atomic mass is 16.5. The average Bonchev–Trinajstić information content (AvgIpc) is 2.15. The highest BCUT2D eigenvalue weighted by Gasteiger charge is 2.35. The third kappa shape index (κ3) is 2.71. The average molecular weight is 183 g/mol. The third-order valence-corrected chi connectivity index (χ3v) is 2.81. The Balaban J connectivity index is 2.42. The Hall–Kier alpha value is -0.530. The maximum Gasteiger partial charge on any atom is 0.312 e. The van der Waals surface area contributed by atoms with Crippen LogP contribution in [0.4, 0.5) is 0 Å². The Morgan fingerprint density at radius 1 is 1.38 bits per heavy atom. The molecule has 0 amide bonds. The zero-order valence-corrected chi connectivity index (χ0v) is 8.64. The summed E-state index contributed by atoms with van der Waals surface area (Å²) in [4.78, 5) is 11.6. The SMILES string of the molecule is CC[CH]OC(=O)C1(C)CCCCC1. The first kappa shape index (κ1) is 10.6. The first-order valence-corrected chi connectivity index (χ1v) is 5.22. The van der Waals surface area contributed by atoms with Crippen LogP contribution in [-0.4, -0.2) is 5.97 Å². The predicted molar refractivity (Wildman–Crippen MR) is 51.9 cm³/mol. The molecule has 0 saturated heterocycles. The van der Waals surface area contributed by atoms with Gasteiger partial charge < -0.3 is 4.74 Å². The van der Waals surface area contributed by atoms with Crippen LogP contribution in [0.15, 0.2) is 0 Å². The molecule has 0 spiro atoms. The van der Waals surface area contributed by atoms with Gasteiger partial charge in [0.05, 0.1) is 5.41 Å². The van der Waals surface area contributed by atoms with E-state index in [2.05, 4.69) is 0 Å². The van der Waals surface area contributed by atoms with Crippen LogP contribution in [0.2, 0.25) is 0 Å². The van der Waals surface area contributed by atoms with Crippen LogP contribution in [-0.2, 0) is 9.53 Å². The smallest absolute Gasteiger partial charge is 0.312 e. The molecule has 75 valence electrons. The summed E-state index contributed by atoms with van der Waals surface area (Å²) in [5.74, 6) is -0.0333. The van der Waals surface area contributed by atoms with Gasteiger partial charge in [0.25, 0.3) is 0 Å². The quantitative estimate of drug-likeness (QED) is 0.628. The number of carbonyl (C=O) groups excluding carboxylic acids is 1. The van der Waals surface area contributed by atoms with Crippen molar-refractivity contribution in [1.29, 1.82) is 0 Å². The molecule has 1 saturated carbocycles. The largest absolute Gasteiger partial charge is 0.458 e. The van der Waals surface area contributed by atoms with Gasteiger partial charge in [0, 0.05) is 0 Å². The van der Waals surface area contributed by atoms with Gasteiger partial charge in [-0.05, 0) is 26.2 Å². The van der Waals surface area contributed by atoms with Gasteiger partial charge in [0.1, 0.15) is 6.61 Å². The summed E-state index contributed by atoms with van der Waals surface area (Å²) in [6.45, 7) is 5.59. The molecule has 13 heavy (non-hydrogen) atoms. The molecule has 0 heterocycles. The summed E-state index contributed by atoms with van der Waals surface area (Å²) >= 11 is 0. The third-order valence-electron chi connectivity index (χ3n) is 2.81. The van der Waals surface area contributed by atoms with Crippen LogP contribution in [0.3, 0.4) is 0 Å². The molecule has 1 aliphatic rings. The van der Waals surface area contributed by atoms with Crippen molar-refractivity contribution in [2.24, 2.45) is 5.41 Å². The molecule has 2 heteroatoms. The normalized spacial score (nSPS) is 21.1. The van der Waals surface area contributed by atoms with Crippen LogP contribution < -0.4 is 0 Å². The van der Waals surface area contributed by atoms with Crippen LogP contribution in [0.5, 0.6) is 0 Å². The van der Waals surface area contributed by atoms with E-state index in [0.29, 0.717) is 0 Å². The molecule has 1 radical (unpaired) electrons. The maximum atomic E-state index is 11.6. The fourth-order valence-corrected chi connectivity index (χ4v) is 1.84. The van der Waals surface area contributed by atoms with Gasteiger partial charge in [-0.2, -0.15) is 0 Å². The van der Waals surface area contributed by atoms with Crippen molar-refractivity contribution in [3.63, 3.8) is 0 Å². The van der Waals surface area contributed by atoms with E-state index in [1.807, 2.05) is 13.8 Å². The monoisotopic (exact) mass is 183 g/mol. The molecule has 0 bridgehead atoms. The first-order chi connectivity index (χ1) is 6.19. The van der Waals surface area contributed by atoms with E-state index < -0.39 is 0 Å². The van der Waals surface area contributed by atoms with Crippen molar-refractivity contribution < 1.29 is 9.53 Å². The highest BCUT2D eigenvalue weighted by molar-refractivity contribution is 5.76. The number of rotatable bonds is 3. The summed E-state index contributed by atoms with van der Waals surface area (Å²) < 4.78 is 5.07. The lowest BCUT2D eigenvalue weighted by Gasteiger charge is -2.30. The second-order valence-corrected chi connectivity index (χ2v) is 4.10. The zero-order valence-electron chi connectivity index (χ0n) is 8.64. The fourth-order valence-electron chi connectivity index (χ4n) is 1.84. The van der Waals surface area contributed by atoms with E-state index >= 15 is 0 Å². The molecule has 0 N–H and O–H groups in total. The fraction of sp³-hybridized carbons (Fsp3) is 0.818. The number of hydrogen-bond donors (Lipinski definition) is 0. The topological polar surface area (TPSA) is 26.3 Å². The molecule has 0 aromatic heterocycles. The maximum absolute atomic E-state index is 11.6. The van der Waals surface area contributed by atoms with Crippen molar-refractivity contribution in [3.05, 3.63) is 6.61 Å². The number of ether oxygens (including phenoxy) is 1. The van der Waals surface area contributed by atoms with Gasteiger partial charge in [-0.25, -0.2) is 0 Å². The first-order valence-electron chi connectivity index (χ1n) is 5.22. The molecule has 0 aromatic carbocycles. The summed E-state index contributed by atoms with van der Waals surface area (Å²) in [6.07, 6.45) is 6.37. The highest BCUT2D eigenvalue weighted by Crippen LogP contribution is 2.36. The summed E-state index contributed by atoms with van der Waals surface area (Å²) in [5.41, 5.74) is -0.204. The molecule has 1 fully saturated rings. The second-order valence-electron chi connectivity index (χ2n) is 4.10.